The summed E-state index contributed by atoms with van der Waals surface area (Å²) < 4.78 is 31.0. The minimum absolute atomic E-state index is 0.196. The van der Waals surface area contributed by atoms with Gasteiger partial charge in [0.1, 0.15) is 24.0 Å². The molecule has 3 aliphatic rings. The molecule has 1 atom stereocenters. The van der Waals surface area contributed by atoms with Gasteiger partial charge in [0.2, 0.25) is 5.78 Å². The van der Waals surface area contributed by atoms with E-state index in [9.17, 15) is 9.18 Å². The fourth-order valence-electron chi connectivity index (χ4n) is 3.95. The smallest absolute Gasteiger partial charge is 0.231 e. The number of ketones is 1. The maximum atomic E-state index is 13.4. The Morgan fingerprint density at radius 1 is 1.25 bits per heavy atom. The SMILES string of the molecule is O=C1C(=Cc2cccc(F)c2)Oc2c1ccc1c2CN(CC2CCCO2)CO1. The third kappa shape index (κ3) is 3.19. The minimum Gasteiger partial charge on any atom is -0.478 e. The van der Waals surface area contributed by atoms with Crippen LogP contribution in [0.3, 0.4) is 0 Å². The summed E-state index contributed by atoms with van der Waals surface area (Å²) in [6.45, 7) is 2.74. The number of Topliss-reactive ketones (excluding diaryl/α,β-unsaturated/α-hetero) is 1. The lowest BCUT2D eigenvalue weighted by molar-refractivity contribution is 0.0274. The van der Waals surface area contributed by atoms with Gasteiger partial charge in [0.05, 0.1) is 17.2 Å². The second-order valence-corrected chi connectivity index (χ2v) is 7.33. The van der Waals surface area contributed by atoms with Crippen molar-refractivity contribution in [1.82, 2.24) is 4.90 Å². The van der Waals surface area contributed by atoms with Crippen LogP contribution in [0.1, 0.15) is 34.3 Å². The molecule has 0 aliphatic carbocycles. The second kappa shape index (κ2) is 7.04. The van der Waals surface area contributed by atoms with Gasteiger partial charge in [-0.2, -0.15) is 0 Å². The van der Waals surface area contributed by atoms with E-state index in [1.807, 2.05) is 6.07 Å². The van der Waals surface area contributed by atoms with Crippen LogP contribution in [0.5, 0.6) is 11.5 Å². The Morgan fingerprint density at radius 2 is 2.18 bits per heavy atom. The van der Waals surface area contributed by atoms with Gasteiger partial charge in [-0.3, -0.25) is 9.69 Å². The number of nitrogens with zero attached hydrogens (tertiary/aromatic N) is 1. The molecule has 0 amide bonds. The van der Waals surface area contributed by atoms with E-state index < -0.39 is 0 Å². The number of ether oxygens (including phenoxy) is 3. The van der Waals surface area contributed by atoms with Gasteiger partial charge in [-0.1, -0.05) is 12.1 Å². The second-order valence-electron chi connectivity index (χ2n) is 7.33. The third-order valence-corrected chi connectivity index (χ3v) is 5.31. The summed E-state index contributed by atoms with van der Waals surface area (Å²) >= 11 is 0. The van der Waals surface area contributed by atoms with Gasteiger partial charge in [0.25, 0.3) is 0 Å². The Kier molecular flexibility index (Phi) is 4.37. The van der Waals surface area contributed by atoms with Crippen molar-refractivity contribution in [2.75, 3.05) is 19.9 Å². The number of fused-ring (bicyclic) bond motifs is 3. The highest BCUT2D eigenvalue weighted by molar-refractivity contribution is 6.15. The molecule has 5 nitrogen and oxygen atoms in total. The van der Waals surface area contributed by atoms with Gasteiger partial charge in [0.15, 0.2) is 5.76 Å². The van der Waals surface area contributed by atoms with Crippen molar-refractivity contribution in [1.29, 1.82) is 0 Å². The molecule has 3 aliphatic heterocycles. The Morgan fingerprint density at radius 3 is 3.00 bits per heavy atom. The number of hydrogen-bond donors (Lipinski definition) is 0. The lowest BCUT2D eigenvalue weighted by Gasteiger charge is -2.31. The van der Waals surface area contributed by atoms with Crippen molar-refractivity contribution in [3.63, 3.8) is 0 Å². The third-order valence-electron chi connectivity index (χ3n) is 5.31. The molecule has 1 saturated heterocycles. The predicted octanol–water partition coefficient (Wildman–Crippen LogP) is 3.77. The molecule has 1 fully saturated rings. The number of rotatable bonds is 3. The predicted molar refractivity (Wildman–Crippen MR) is 101 cm³/mol. The van der Waals surface area contributed by atoms with Crippen LogP contribution in [0.4, 0.5) is 4.39 Å². The summed E-state index contributed by atoms with van der Waals surface area (Å²) in [6, 6.07) is 9.63. The van der Waals surface area contributed by atoms with Gasteiger partial charge in [-0.25, -0.2) is 4.39 Å². The van der Waals surface area contributed by atoms with E-state index in [1.54, 1.807) is 24.3 Å². The van der Waals surface area contributed by atoms with Gasteiger partial charge < -0.3 is 14.2 Å². The van der Waals surface area contributed by atoms with Crippen LogP contribution in [0.15, 0.2) is 42.2 Å². The van der Waals surface area contributed by atoms with Crippen LogP contribution in [0.25, 0.3) is 6.08 Å². The van der Waals surface area contributed by atoms with E-state index in [1.165, 1.54) is 12.1 Å². The number of carbonyl (C=O) groups is 1. The zero-order valence-electron chi connectivity index (χ0n) is 15.3. The monoisotopic (exact) mass is 381 g/mol. The Hall–Kier alpha value is -2.70. The maximum Gasteiger partial charge on any atom is 0.231 e. The number of halogens is 1. The molecule has 3 heterocycles. The normalized spacial score (nSPS) is 22.7. The first kappa shape index (κ1) is 17.4. The van der Waals surface area contributed by atoms with Crippen molar-refractivity contribution < 1.29 is 23.4 Å². The van der Waals surface area contributed by atoms with E-state index in [4.69, 9.17) is 14.2 Å². The summed E-state index contributed by atoms with van der Waals surface area (Å²) in [5.41, 5.74) is 1.97. The summed E-state index contributed by atoms with van der Waals surface area (Å²) in [4.78, 5) is 14.9. The van der Waals surface area contributed by atoms with Crippen LogP contribution < -0.4 is 9.47 Å². The molecule has 0 aromatic heterocycles. The van der Waals surface area contributed by atoms with Gasteiger partial charge in [-0.15, -0.1) is 0 Å². The molecule has 5 rings (SSSR count). The maximum absolute atomic E-state index is 13.4. The van der Waals surface area contributed by atoms with Gasteiger partial charge >= 0.3 is 0 Å². The average Bonchev–Trinajstić information content (AvgIpc) is 3.31. The van der Waals surface area contributed by atoms with Crippen LogP contribution >= 0.6 is 0 Å². The molecule has 2 aromatic rings. The molecule has 28 heavy (non-hydrogen) atoms. The van der Waals surface area contributed by atoms with Gasteiger partial charge in [0, 0.05) is 19.7 Å². The first-order valence-electron chi connectivity index (χ1n) is 9.50. The van der Waals surface area contributed by atoms with Crippen LogP contribution in [0, 0.1) is 5.82 Å². The topological polar surface area (TPSA) is 48.0 Å². The molecule has 2 aromatic carbocycles. The summed E-state index contributed by atoms with van der Waals surface area (Å²) in [6.07, 6.45) is 3.96. The standard InChI is InChI=1S/C22H20FNO4/c23-15-4-1-3-14(9-15)10-20-21(25)17-6-7-19-18(22(17)28-20)12-24(13-27-19)11-16-5-2-8-26-16/h1,3-4,6-7,9-10,16H,2,5,8,11-13H2. The van der Waals surface area contributed by atoms with Crippen molar-refractivity contribution in [2.45, 2.75) is 25.5 Å². The fraction of sp³-hybridized carbons (Fsp3) is 0.318. The molecule has 0 N–H and O–H groups in total. The number of carbonyl (C=O) groups excluding carboxylic acids is 1. The molecule has 0 bridgehead atoms. The Balaban J connectivity index is 1.42. The van der Waals surface area contributed by atoms with E-state index in [-0.39, 0.29) is 23.5 Å². The van der Waals surface area contributed by atoms with Crippen molar-refractivity contribution >= 4 is 11.9 Å². The molecule has 0 saturated carbocycles. The van der Waals surface area contributed by atoms with Crippen LogP contribution in [-0.4, -0.2) is 36.7 Å². The Labute approximate surface area is 162 Å². The van der Waals surface area contributed by atoms with Crippen molar-refractivity contribution in [3.05, 3.63) is 64.7 Å². The largest absolute Gasteiger partial charge is 0.478 e. The highest BCUT2D eigenvalue weighted by Crippen LogP contribution is 2.42. The molecule has 144 valence electrons. The van der Waals surface area contributed by atoms with E-state index in [2.05, 4.69) is 4.90 Å². The van der Waals surface area contributed by atoms with Gasteiger partial charge in [-0.05, 0) is 48.7 Å². The number of hydrogen-bond acceptors (Lipinski definition) is 5. The Bertz CT molecular complexity index is 965. The summed E-state index contributed by atoms with van der Waals surface area (Å²) in [5, 5.41) is 0. The minimum atomic E-state index is -0.354. The quantitative estimate of drug-likeness (QED) is 0.758. The zero-order chi connectivity index (χ0) is 19.1. The molecule has 6 heteroatoms. The molecule has 1 unspecified atom stereocenters. The zero-order valence-corrected chi connectivity index (χ0v) is 15.3. The average molecular weight is 381 g/mol. The summed E-state index contributed by atoms with van der Waals surface area (Å²) in [7, 11) is 0. The van der Waals surface area contributed by atoms with Crippen LogP contribution in [-0.2, 0) is 11.3 Å². The first-order chi connectivity index (χ1) is 13.7. The lowest BCUT2D eigenvalue weighted by atomic mass is 10.0. The number of allylic oxidation sites excluding steroid dienone is 1. The summed E-state index contributed by atoms with van der Waals surface area (Å²) in [5.74, 6) is 0.931. The molecule has 0 radical (unpaired) electrons. The highest BCUT2D eigenvalue weighted by Gasteiger charge is 2.34. The van der Waals surface area contributed by atoms with E-state index in [0.717, 1.165) is 37.3 Å². The fourth-order valence-corrected chi connectivity index (χ4v) is 3.95. The van der Waals surface area contributed by atoms with Crippen molar-refractivity contribution in [2.24, 2.45) is 0 Å². The molecule has 0 spiro atoms. The van der Waals surface area contributed by atoms with E-state index in [0.29, 0.717) is 30.2 Å². The molecular formula is C22H20FNO4. The van der Waals surface area contributed by atoms with Crippen LogP contribution in [0.2, 0.25) is 0 Å². The van der Waals surface area contributed by atoms with E-state index >= 15 is 0 Å². The number of benzene rings is 2. The van der Waals surface area contributed by atoms with Crippen molar-refractivity contribution in [3.8, 4) is 11.5 Å². The highest BCUT2D eigenvalue weighted by atomic mass is 19.1. The molecular weight excluding hydrogens is 361 g/mol. The first-order valence-corrected chi connectivity index (χ1v) is 9.50. The lowest BCUT2D eigenvalue weighted by Crippen LogP contribution is -2.37.